The first-order valence-electron chi connectivity index (χ1n) is 13.1. The molecule has 10 heteroatoms. The number of nitrogens with zero attached hydrogens (tertiary/aromatic N) is 2. The number of esters is 1. The molecule has 1 saturated carbocycles. The molecule has 6 aliphatic heterocycles. The van der Waals surface area contributed by atoms with Gasteiger partial charge in [0.1, 0.15) is 36.7 Å². The third-order valence-electron chi connectivity index (χ3n) is 9.62. The average Bonchev–Trinajstić information content (AvgIpc) is 3.36. The van der Waals surface area contributed by atoms with Gasteiger partial charge in [-0.2, -0.15) is 0 Å². The fraction of sp³-hybridized carbons (Fsp3) is 0.630. The topological polar surface area (TPSA) is 141 Å². The number of aliphatic hydroxyl groups is 4. The number of ether oxygens (including phenoxy) is 3. The molecule has 1 aromatic carbocycles. The third kappa shape index (κ3) is 2.95. The molecule has 37 heavy (non-hydrogen) atoms. The van der Waals surface area contributed by atoms with Gasteiger partial charge in [0.25, 0.3) is 0 Å². The number of piperidine rings is 4. The van der Waals surface area contributed by atoms with Gasteiger partial charge in [0.2, 0.25) is 0 Å². The summed E-state index contributed by atoms with van der Waals surface area (Å²) in [7, 11) is 0. The lowest BCUT2D eigenvalue weighted by Crippen LogP contribution is -2.70. The standard InChI is InChI=1S/C27H32N2O8/c1-3-12-13-8-16-23-27(14-6-4-5-7-15(14)28-23)9-17(19(13)24(27)35-11(2)31)29(16)25(12)37-26-22(34)21(33)20(32)18(10-30)36-26/h3-7,13,16-22,24-26,30,32-34H,8-10H2,1-2H3/b12-3+/t13?,16-,17-,18+,19?,20+,21-,22+,24+,25+,26-,27?/m0/s1. The van der Waals surface area contributed by atoms with Gasteiger partial charge >= 0.3 is 5.97 Å². The molecule has 6 heterocycles. The van der Waals surface area contributed by atoms with Gasteiger partial charge in [-0.15, -0.1) is 0 Å². The van der Waals surface area contributed by atoms with E-state index >= 15 is 0 Å². The first-order valence-corrected chi connectivity index (χ1v) is 13.1. The predicted molar refractivity (Wildman–Crippen MR) is 129 cm³/mol. The molecule has 1 aliphatic carbocycles. The second kappa shape index (κ2) is 8.16. The quantitative estimate of drug-likeness (QED) is 0.327. The van der Waals surface area contributed by atoms with E-state index in [1.165, 1.54) is 6.92 Å². The first-order chi connectivity index (χ1) is 17.8. The molecular formula is C27H32N2O8. The van der Waals surface area contributed by atoms with Crippen LogP contribution in [0.2, 0.25) is 0 Å². The van der Waals surface area contributed by atoms with E-state index in [4.69, 9.17) is 19.2 Å². The van der Waals surface area contributed by atoms with Crippen LogP contribution in [0.4, 0.5) is 5.69 Å². The Morgan fingerprint density at radius 2 is 2.03 bits per heavy atom. The number of aliphatic hydroxyl groups excluding tert-OH is 4. The molecule has 1 spiro atoms. The number of carbonyl (C=O) groups is 1. The molecule has 5 bridgehead atoms. The van der Waals surface area contributed by atoms with Crippen LogP contribution in [-0.4, -0.2) is 98.7 Å². The molecule has 6 fully saturated rings. The number of benzene rings is 1. The van der Waals surface area contributed by atoms with Gasteiger partial charge in [0.15, 0.2) is 6.29 Å². The zero-order valence-corrected chi connectivity index (χ0v) is 20.7. The molecule has 198 valence electrons. The SMILES string of the molecule is C/C=C1\C2C[C@H]3C4=Nc5ccccc5C45C[C@@H](C2[C@H]5OC(C)=O)N3[C@@H]1O[C@@H]1O[C@H](CO)[C@@H](O)[C@H](O)[C@H]1O. The number of rotatable bonds is 4. The Morgan fingerprint density at radius 3 is 2.76 bits per heavy atom. The van der Waals surface area contributed by atoms with Crippen LogP contribution in [0.15, 0.2) is 40.9 Å². The highest BCUT2D eigenvalue weighted by Crippen LogP contribution is 2.67. The highest BCUT2D eigenvalue weighted by atomic mass is 16.7. The van der Waals surface area contributed by atoms with Crippen LogP contribution in [0, 0.1) is 11.8 Å². The van der Waals surface area contributed by atoms with Crippen molar-refractivity contribution in [3.63, 3.8) is 0 Å². The van der Waals surface area contributed by atoms with E-state index < -0.39 is 49.0 Å². The van der Waals surface area contributed by atoms with E-state index in [0.29, 0.717) is 0 Å². The van der Waals surface area contributed by atoms with Crippen molar-refractivity contribution in [3.05, 3.63) is 41.5 Å². The molecule has 8 rings (SSSR count). The molecule has 0 aromatic heterocycles. The van der Waals surface area contributed by atoms with Crippen molar-refractivity contribution in [1.29, 1.82) is 0 Å². The fourth-order valence-corrected chi connectivity index (χ4v) is 8.32. The summed E-state index contributed by atoms with van der Waals surface area (Å²) in [6.07, 6.45) is -4.07. The van der Waals surface area contributed by atoms with Crippen LogP contribution in [-0.2, 0) is 24.4 Å². The van der Waals surface area contributed by atoms with E-state index in [1.54, 1.807) is 0 Å². The van der Waals surface area contributed by atoms with Crippen molar-refractivity contribution < 1.29 is 39.4 Å². The van der Waals surface area contributed by atoms with E-state index in [9.17, 15) is 25.2 Å². The summed E-state index contributed by atoms with van der Waals surface area (Å²) < 4.78 is 18.3. The molecule has 4 N–H and O–H groups in total. The Balaban J connectivity index is 1.30. The normalized spacial score (nSPS) is 49.7. The van der Waals surface area contributed by atoms with Gasteiger partial charge in [0, 0.05) is 18.9 Å². The monoisotopic (exact) mass is 512 g/mol. The summed E-state index contributed by atoms with van der Waals surface area (Å²) in [4.78, 5) is 19.8. The summed E-state index contributed by atoms with van der Waals surface area (Å²) in [6.45, 7) is 2.89. The van der Waals surface area contributed by atoms with Crippen LogP contribution in [0.1, 0.15) is 32.3 Å². The van der Waals surface area contributed by atoms with Gasteiger partial charge in [-0.1, -0.05) is 24.3 Å². The number of hydrogen-bond donors (Lipinski definition) is 4. The molecule has 5 saturated heterocycles. The lowest BCUT2D eigenvalue weighted by molar-refractivity contribution is -0.328. The van der Waals surface area contributed by atoms with Crippen LogP contribution in [0.25, 0.3) is 0 Å². The Morgan fingerprint density at radius 1 is 1.24 bits per heavy atom. The van der Waals surface area contributed by atoms with Crippen LogP contribution >= 0.6 is 0 Å². The zero-order chi connectivity index (χ0) is 25.8. The van der Waals surface area contributed by atoms with E-state index in [0.717, 1.165) is 35.4 Å². The Labute approximate surface area is 214 Å². The summed E-state index contributed by atoms with van der Waals surface area (Å²) in [5.74, 6) is -0.176. The zero-order valence-electron chi connectivity index (χ0n) is 20.7. The lowest BCUT2D eigenvalue weighted by Gasteiger charge is -2.59. The number of fused-ring (bicyclic) bond motifs is 2. The summed E-state index contributed by atoms with van der Waals surface area (Å²) >= 11 is 0. The Hall–Kier alpha value is -2.18. The molecule has 1 aromatic rings. The molecular weight excluding hydrogens is 480 g/mol. The smallest absolute Gasteiger partial charge is 0.302 e. The highest BCUT2D eigenvalue weighted by molar-refractivity contribution is 6.08. The molecule has 7 aliphatic rings. The minimum atomic E-state index is -1.52. The molecule has 0 radical (unpaired) electrons. The number of para-hydroxylation sites is 1. The maximum atomic E-state index is 12.4. The van der Waals surface area contributed by atoms with Crippen molar-refractivity contribution in [2.24, 2.45) is 16.8 Å². The van der Waals surface area contributed by atoms with E-state index in [2.05, 4.69) is 11.0 Å². The first kappa shape index (κ1) is 23.9. The Kier molecular flexibility index (Phi) is 5.27. The number of allylic oxidation sites excluding steroid dienone is 1. The maximum absolute atomic E-state index is 12.4. The average molecular weight is 513 g/mol. The minimum Gasteiger partial charge on any atom is -0.461 e. The highest BCUT2D eigenvalue weighted by Gasteiger charge is 2.75. The largest absolute Gasteiger partial charge is 0.461 e. The van der Waals surface area contributed by atoms with Crippen molar-refractivity contribution >= 4 is 17.4 Å². The van der Waals surface area contributed by atoms with Crippen LogP contribution in [0.5, 0.6) is 0 Å². The predicted octanol–water partition coefficient (Wildman–Crippen LogP) is 0.137. The lowest BCUT2D eigenvalue weighted by atomic mass is 9.66. The van der Waals surface area contributed by atoms with Crippen molar-refractivity contribution in [1.82, 2.24) is 4.90 Å². The summed E-state index contributed by atoms with van der Waals surface area (Å²) in [5, 5.41) is 40.9. The van der Waals surface area contributed by atoms with Crippen molar-refractivity contribution in [3.8, 4) is 0 Å². The van der Waals surface area contributed by atoms with Gasteiger partial charge in [-0.05, 0) is 42.9 Å². The van der Waals surface area contributed by atoms with Gasteiger partial charge < -0.3 is 34.6 Å². The number of aliphatic imine (C=N–C) groups is 1. The molecule has 10 nitrogen and oxygen atoms in total. The summed E-state index contributed by atoms with van der Waals surface area (Å²) in [5.41, 5.74) is 3.57. The molecule has 13 atom stereocenters. The van der Waals surface area contributed by atoms with E-state index in [1.807, 2.05) is 31.2 Å². The fourth-order valence-electron chi connectivity index (χ4n) is 8.32. The van der Waals surface area contributed by atoms with Gasteiger partial charge in [0.05, 0.1) is 29.5 Å². The minimum absolute atomic E-state index is 0.0495. The second-order valence-corrected chi connectivity index (χ2v) is 11.1. The summed E-state index contributed by atoms with van der Waals surface area (Å²) in [6, 6.07) is 8.10. The van der Waals surface area contributed by atoms with Crippen LogP contribution < -0.4 is 0 Å². The third-order valence-corrected chi connectivity index (χ3v) is 9.62. The van der Waals surface area contributed by atoms with Gasteiger partial charge in [-0.3, -0.25) is 14.7 Å². The molecule has 0 amide bonds. The van der Waals surface area contributed by atoms with E-state index in [-0.39, 0.29) is 36.0 Å². The molecule has 4 unspecified atom stereocenters. The van der Waals surface area contributed by atoms with Crippen molar-refractivity contribution in [2.75, 3.05) is 6.61 Å². The van der Waals surface area contributed by atoms with Gasteiger partial charge in [-0.25, -0.2) is 0 Å². The van der Waals surface area contributed by atoms with Crippen LogP contribution in [0.3, 0.4) is 0 Å². The maximum Gasteiger partial charge on any atom is 0.302 e. The number of carbonyl (C=O) groups excluding carboxylic acids is 1. The van der Waals surface area contributed by atoms with Crippen molar-refractivity contribution in [2.45, 2.75) is 87.2 Å². The number of hydrogen-bond acceptors (Lipinski definition) is 10. The Bertz CT molecular complexity index is 1200. The second-order valence-electron chi connectivity index (χ2n) is 11.1.